The van der Waals surface area contributed by atoms with E-state index in [0.717, 1.165) is 39.0 Å². The van der Waals surface area contributed by atoms with Crippen molar-refractivity contribution in [3.8, 4) is 0 Å². The van der Waals surface area contributed by atoms with E-state index in [9.17, 15) is 4.79 Å². The Morgan fingerprint density at radius 2 is 2.09 bits per heavy atom. The van der Waals surface area contributed by atoms with E-state index in [2.05, 4.69) is 54.4 Å². The molecule has 0 aromatic heterocycles. The number of hydrogen-bond acceptors (Lipinski definition) is 3. The van der Waals surface area contributed by atoms with Crippen molar-refractivity contribution in [2.45, 2.75) is 38.9 Å². The number of ether oxygens (including phenoxy) is 1. The van der Waals surface area contributed by atoms with Gasteiger partial charge in [0.1, 0.15) is 0 Å². The van der Waals surface area contributed by atoms with Crippen LogP contribution in [0.5, 0.6) is 0 Å². The highest BCUT2D eigenvalue weighted by molar-refractivity contribution is 5.79. The minimum absolute atomic E-state index is 0.0282. The van der Waals surface area contributed by atoms with Crippen LogP contribution in [0, 0.1) is 11.8 Å². The molecule has 0 spiro atoms. The first kappa shape index (κ1) is 16.5. The number of carbonyl (C=O) groups is 1. The van der Waals surface area contributed by atoms with Gasteiger partial charge in [0.2, 0.25) is 5.91 Å². The van der Waals surface area contributed by atoms with Crippen LogP contribution in [0.15, 0.2) is 30.3 Å². The van der Waals surface area contributed by atoms with Crippen LogP contribution in [0.3, 0.4) is 0 Å². The maximum Gasteiger partial charge on any atom is 0.225 e. The van der Waals surface area contributed by atoms with Gasteiger partial charge in [-0.15, -0.1) is 0 Å². The second-order valence-corrected chi connectivity index (χ2v) is 7.27. The number of benzene rings is 1. The van der Waals surface area contributed by atoms with Gasteiger partial charge < -0.3 is 10.1 Å². The van der Waals surface area contributed by atoms with E-state index in [0.29, 0.717) is 5.92 Å². The average Bonchev–Trinajstić information content (AvgIpc) is 2.86. The van der Waals surface area contributed by atoms with Gasteiger partial charge in [-0.2, -0.15) is 0 Å². The van der Waals surface area contributed by atoms with Gasteiger partial charge in [0, 0.05) is 26.2 Å². The highest BCUT2D eigenvalue weighted by Crippen LogP contribution is 2.32. The number of carbonyl (C=O) groups excluding carboxylic acids is 1. The maximum atomic E-state index is 12.4. The summed E-state index contributed by atoms with van der Waals surface area (Å²) in [7, 11) is 0. The molecule has 2 saturated heterocycles. The second-order valence-electron chi connectivity index (χ2n) is 7.27. The Morgan fingerprint density at radius 3 is 2.83 bits per heavy atom. The van der Waals surface area contributed by atoms with E-state index in [1.54, 1.807) is 0 Å². The molecular weight excluding hydrogens is 288 g/mol. The molecule has 1 amide bonds. The average molecular weight is 316 g/mol. The van der Waals surface area contributed by atoms with E-state index >= 15 is 0 Å². The third-order valence-corrected chi connectivity index (χ3v) is 4.81. The van der Waals surface area contributed by atoms with Gasteiger partial charge in [0.25, 0.3) is 0 Å². The van der Waals surface area contributed by atoms with Crippen molar-refractivity contribution in [3.63, 3.8) is 0 Å². The zero-order chi connectivity index (χ0) is 16.2. The van der Waals surface area contributed by atoms with Crippen LogP contribution in [-0.4, -0.2) is 49.2 Å². The molecule has 1 aromatic rings. The van der Waals surface area contributed by atoms with E-state index < -0.39 is 0 Å². The maximum absolute atomic E-state index is 12.4. The normalized spacial score (nSPS) is 27.3. The molecule has 2 aliphatic heterocycles. The first-order chi connectivity index (χ1) is 11.1. The van der Waals surface area contributed by atoms with Crippen LogP contribution in [0.2, 0.25) is 0 Å². The van der Waals surface area contributed by atoms with Crippen LogP contribution in [0.1, 0.15) is 25.8 Å². The fourth-order valence-corrected chi connectivity index (χ4v) is 3.56. The predicted molar refractivity (Wildman–Crippen MR) is 91.2 cm³/mol. The van der Waals surface area contributed by atoms with Gasteiger partial charge in [-0.25, -0.2) is 0 Å². The summed E-state index contributed by atoms with van der Waals surface area (Å²) >= 11 is 0. The van der Waals surface area contributed by atoms with Gasteiger partial charge in [-0.3, -0.25) is 9.69 Å². The summed E-state index contributed by atoms with van der Waals surface area (Å²) in [6, 6.07) is 10.6. The van der Waals surface area contributed by atoms with Crippen molar-refractivity contribution in [3.05, 3.63) is 35.9 Å². The van der Waals surface area contributed by atoms with Gasteiger partial charge in [0.15, 0.2) is 0 Å². The minimum Gasteiger partial charge on any atom is -0.371 e. The van der Waals surface area contributed by atoms with Gasteiger partial charge in [0.05, 0.1) is 18.1 Å². The third kappa shape index (κ3) is 4.33. The first-order valence-corrected chi connectivity index (χ1v) is 8.81. The summed E-state index contributed by atoms with van der Waals surface area (Å²) in [5.41, 5.74) is 1.37. The molecule has 4 heteroatoms. The Hall–Kier alpha value is -1.39. The number of nitrogens with zero attached hydrogens (tertiary/aromatic N) is 1. The predicted octanol–water partition coefficient (Wildman–Crippen LogP) is 2.09. The van der Waals surface area contributed by atoms with Crippen molar-refractivity contribution >= 4 is 5.91 Å². The van der Waals surface area contributed by atoms with Crippen LogP contribution < -0.4 is 5.32 Å². The van der Waals surface area contributed by atoms with Crippen molar-refractivity contribution in [1.29, 1.82) is 0 Å². The quantitative estimate of drug-likeness (QED) is 0.874. The number of rotatable bonds is 6. The monoisotopic (exact) mass is 316 g/mol. The molecule has 3 atom stereocenters. The highest BCUT2D eigenvalue weighted by atomic mass is 16.5. The van der Waals surface area contributed by atoms with Crippen molar-refractivity contribution in [1.82, 2.24) is 10.2 Å². The Bertz CT molecular complexity index is 517. The summed E-state index contributed by atoms with van der Waals surface area (Å²) < 4.78 is 6.02. The molecule has 126 valence electrons. The first-order valence-electron chi connectivity index (χ1n) is 8.81. The molecule has 2 aliphatic rings. The SMILES string of the molecule is CC(C)CNC(=O)[C@H]1C[C@H]2CN(CCc3ccccc3)C[C@H]1O2. The standard InChI is InChI=1S/C19H28N2O2/c1-14(2)11-20-19(22)17-10-16-12-21(13-18(17)23-16)9-8-15-6-4-3-5-7-15/h3-7,14,16-18H,8-13H2,1-2H3,(H,20,22)/t16-,17-,18+/m0/s1. The summed E-state index contributed by atoms with van der Waals surface area (Å²) in [6.45, 7) is 7.87. The van der Waals surface area contributed by atoms with Gasteiger partial charge in [-0.1, -0.05) is 44.2 Å². The molecule has 0 radical (unpaired) electrons. The van der Waals surface area contributed by atoms with Crippen LogP contribution in [-0.2, 0) is 16.0 Å². The summed E-state index contributed by atoms with van der Waals surface area (Å²) in [4.78, 5) is 14.8. The van der Waals surface area contributed by atoms with Crippen LogP contribution in [0.4, 0.5) is 0 Å². The number of likely N-dealkylation sites (tertiary alicyclic amines) is 1. The summed E-state index contributed by atoms with van der Waals surface area (Å²) in [5, 5.41) is 3.07. The Morgan fingerprint density at radius 1 is 1.30 bits per heavy atom. The van der Waals surface area contributed by atoms with Gasteiger partial charge in [-0.05, 0) is 24.3 Å². The Kier molecular flexibility index (Phi) is 5.34. The van der Waals surface area contributed by atoms with Crippen LogP contribution in [0.25, 0.3) is 0 Å². The second kappa shape index (κ2) is 7.45. The molecule has 0 saturated carbocycles. The number of hydrogen-bond donors (Lipinski definition) is 1. The van der Waals surface area contributed by atoms with E-state index in [1.807, 2.05) is 0 Å². The van der Waals surface area contributed by atoms with Crippen molar-refractivity contribution < 1.29 is 9.53 Å². The smallest absolute Gasteiger partial charge is 0.225 e. The molecule has 4 nitrogen and oxygen atoms in total. The molecule has 23 heavy (non-hydrogen) atoms. The zero-order valence-corrected chi connectivity index (χ0v) is 14.2. The molecule has 2 heterocycles. The number of fused-ring (bicyclic) bond motifs is 2. The molecule has 0 unspecified atom stereocenters. The Labute approximate surface area is 139 Å². The van der Waals surface area contributed by atoms with Gasteiger partial charge >= 0.3 is 0 Å². The molecule has 0 aliphatic carbocycles. The number of nitrogens with one attached hydrogen (secondary N) is 1. The van der Waals surface area contributed by atoms with E-state index in [-0.39, 0.29) is 24.0 Å². The fraction of sp³-hybridized carbons (Fsp3) is 0.632. The molecule has 3 rings (SSSR count). The lowest BCUT2D eigenvalue weighted by atomic mass is 9.99. The third-order valence-electron chi connectivity index (χ3n) is 4.81. The molecular formula is C19H28N2O2. The summed E-state index contributed by atoms with van der Waals surface area (Å²) in [5.74, 6) is 0.694. The molecule has 2 bridgehead atoms. The van der Waals surface area contributed by atoms with E-state index in [1.165, 1.54) is 5.56 Å². The van der Waals surface area contributed by atoms with Crippen molar-refractivity contribution in [2.24, 2.45) is 11.8 Å². The van der Waals surface area contributed by atoms with Crippen molar-refractivity contribution in [2.75, 3.05) is 26.2 Å². The fourth-order valence-electron chi connectivity index (χ4n) is 3.56. The zero-order valence-electron chi connectivity index (χ0n) is 14.2. The summed E-state index contributed by atoms with van der Waals surface area (Å²) in [6.07, 6.45) is 2.22. The van der Waals surface area contributed by atoms with Crippen LogP contribution >= 0.6 is 0 Å². The lowest BCUT2D eigenvalue weighted by molar-refractivity contribution is -0.128. The molecule has 1 N–H and O–H groups in total. The lowest BCUT2D eigenvalue weighted by Crippen LogP contribution is -2.46. The van der Waals surface area contributed by atoms with E-state index in [4.69, 9.17) is 4.74 Å². The number of morpholine rings is 1. The lowest BCUT2D eigenvalue weighted by Gasteiger charge is -2.32. The molecule has 2 fully saturated rings. The highest BCUT2D eigenvalue weighted by Gasteiger charge is 2.44. The molecule has 1 aromatic carbocycles. The Balaban J connectivity index is 1.50. The number of amides is 1. The largest absolute Gasteiger partial charge is 0.371 e. The minimum atomic E-state index is 0.0282. The topological polar surface area (TPSA) is 41.6 Å².